The minimum atomic E-state index is -3.60. The van der Waals surface area contributed by atoms with Crippen LogP contribution in [0.2, 0.25) is 5.02 Å². The molecule has 0 amide bonds. The lowest BCUT2D eigenvalue weighted by Crippen LogP contribution is -2.41. The Kier molecular flexibility index (Phi) is 6.46. The molecule has 0 spiro atoms. The van der Waals surface area contributed by atoms with Crippen molar-refractivity contribution in [3.63, 3.8) is 0 Å². The molecule has 7 heteroatoms. The van der Waals surface area contributed by atoms with E-state index in [-0.39, 0.29) is 16.6 Å². The third-order valence-electron chi connectivity index (χ3n) is 3.35. The molecule has 1 aromatic rings. The molecule has 0 aliphatic rings. The quantitative estimate of drug-likeness (QED) is 0.750. The van der Waals surface area contributed by atoms with Crippen LogP contribution in [0.1, 0.15) is 26.3 Å². The van der Waals surface area contributed by atoms with Crippen LogP contribution < -0.4 is 10.5 Å². The first-order valence-electron chi connectivity index (χ1n) is 7.01. The van der Waals surface area contributed by atoms with Gasteiger partial charge in [0.2, 0.25) is 10.0 Å². The number of nitrogen functional groups attached to an aromatic ring is 1. The maximum atomic E-state index is 12.4. The predicted octanol–water partition coefficient (Wildman–Crippen LogP) is 2.24. The van der Waals surface area contributed by atoms with Gasteiger partial charge in [-0.1, -0.05) is 25.4 Å². The molecule has 0 saturated heterocycles. The fourth-order valence-corrected chi connectivity index (χ4v) is 3.62. The van der Waals surface area contributed by atoms with Crippen LogP contribution in [0.25, 0.3) is 0 Å². The van der Waals surface area contributed by atoms with Crippen LogP contribution in [0.5, 0.6) is 0 Å². The third kappa shape index (κ3) is 4.85. The van der Waals surface area contributed by atoms with Crippen LogP contribution in [0, 0.1) is 6.92 Å². The fourth-order valence-electron chi connectivity index (χ4n) is 2.16. The summed E-state index contributed by atoms with van der Waals surface area (Å²) in [5.41, 5.74) is 6.66. The SMILES string of the molecule is CCN(CC)CC(C)NS(=O)(=O)c1cc(C)c(Cl)c(N)c1. The molecule has 0 aliphatic heterocycles. The van der Waals surface area contributed by atoms with E-state index in [4.69, 9.17) is 17.3 Å². The molecule has 1 unspecified atom stereocenters. The van der Waals surface area contributed by atoms with E-state index < -0.39 is 10.0 Å². The number of likely N-dealkylation sites (N-methyl/N-ethyl adjacent to an activating group) is 1. The van der Waals surface area contributed by atoms with Crippen LogP contribution in [-0.4, -0.2) is 39.0 Å². The van der Waals surface area contributed by atoms with Crippen molar-refractivity contribution >= 4 is 27.3 Å². The van der Waals surface area contributed by atoms with Crippen molar-refractivity contribution in [3.8, 4) is 0 Å². The van der Waals surface area contributed by atoms with Gasteiger partial charge in [0.05, 0.1) is 15.6 Å². The van der Waals surface area contributed by atoms with Gasteiger partial charge >= 0.3 is 0 Å². The third-order valence-corrected chi connectivity index (χ3v) is 5.43. The molecule has 0 saturated carbocycles. The van der Waals surface area contributed by atoms with Gasteiger partial charge in [0.1, 0.15) is 0 Å². The van der Waals surface area contributed by atoms with Gasteiger partial charge in [-0.15, -0.1) is 0 Å². The number of nitrogens with one attached hydrogen (secondary N) is 1. The topological polar surface area (TPSA) is 75.4 Å². The average molecular weight is 334 g/mol. The molecule has 1 aromatic carbocycles. The minimum absolute atomic E-state index is 0.147. The Morgan fingerprint density at radius 2 is 1.90 bits per heavy atom. The lowest BCUT2D eigenvalue weighted by molar-refractivity contribution is 0.282. The number of anilines is 1. The van der Waals surface area contributed by atoms with Gasteiger partial charge in [-0.05, 0) is 44.6 Å². The van der Waals surface area contributed by atoms with E-state index in [1.807, 2.05) is 20.8 Å². The Morgan fingerprint density at radius 1 is 1.33 bits per heavy atom. The van der Waals surface area contributed by atoms with Crippen LogP contribution in [0.4, 0.5) is 5.69 Å². The first-order chi connectivity index (χ1) is 9.71. The van der Waals surface area contributed by atoms with E-state index in [2.05, 4.69) is 9.62 Å². The van der Waals surface area contributed by atoms with E-state index >= 15 is 0 Å². The maximum absolute atomic E-state index is 12.4. The number of halogens is 1. The van der Waals surface area contributed by atoms with E-state index in [1.54, 1.807) is 6.92 Å². The van der Waals surface area contributed by atoms with Gasteiger partial charge in [0, 0.05) is 12.6 Å². The second-order valence-corrected chi connectivity index (χ2v) is 7.24. The summed E-state index contributed by atoms with van der Waals surface area (Å²) in [7, 11) is -3.60. The summed E-state index contributed by atoms with van der Waals surface area (Å²) in [6.45, 7) is 10.1. The van der Waals surface area contributed by atoms with Gasteiger partial charge in [-0.2, -0.15) is 0 Å². The number of sulfonamides is 1. The van der Waals surface area contributed by atoms with Gasteiger partial charge in [0.25, 0.3) is 0 Å². The summed E-state index contributed by atoms with van der Waals surface area (Å²) in [4.78, 5) is 2.31. The predicted molar refractivity (Wildman–Crippen MR) is 88.2 cm³/mol. The summed E-state index contributed by atoms with van der Waals surface area (Å²) in [5, 5.41) is 0.394. The zero-order valence-corrected chi connectivity index (χ0v) is 14.6. The van der Waals surface area contributed by atoms with Crippen molar-refractivity contribution in [3.05, 3.63) is 22.7 Å². The number of hydrogen-bond donors (Lipinski definition) is 2. The minimum Gasteiger partial charge on any atom is -0.397 e. The fraction of sp³-hybridized carbons (Fsp3) is 0.571. The largest absolute Gasteiger partial charge is 0.397 e. The molecule has 1 rings (SSSR count). The maximum Gasteiger partial charge on any atom is 0.240 e. The number of nitrogens with two attached hydrogens (primary N) is 1. The van der Waals surface area contributed by atoms with Gasteiger partial charge < -0.3 is 10.6 Å². The molecular formula is C14H24ClN3O2S. The van der Waals surface area contributed by atoms with Crippen LogP contribution in [-0.2, 0) is 10.0 Å². The molecule has 0 radical (unpaired) electrons. The van der Waals surface area contributed by atoms with Gasteiger partial charge in [-0.3, -0.25) is 0 Å². The van der Waals surface area contributed by atoms with Gasteiger partial charge in [-0.25, -0.2) is 13.1 Å². The molecule has 21 heavy (non-hydrogen) atoms. The summed E-state index contributed by atoms with van der Waals surface area (Å²) in [6, 6.07) is 2.74. The molecule has 0 fully saturated rings. The Bertz CT molecular complexity index is 563. The average Bonchev–Trinajstić information content (AvgIpc) is 2.40. The summed E-state index contributed by atoms with van der Waals surface area (Å²) < 4.78 is 27.5. The van der Waals surface area contributed by atoms with E-state index in [9.17, 15) is 8.42 Å². The zero-order chi connectivity index (χ0) is 16.2. The Hall–Kier alpha value is -0.820. The number of aryl methyl sites for hydroxylation is 1. The van der Waals surface area contributed by atoms with Crippen molar-refractivity contribution in [2.75, 3.05) is 25.4 Å². The molecular weight excluding hydrogens is 310 g/mol. The van der Waals surface area contributed by atoms with Crippen LogP contribution in [0.3, 0.4) is 0 Å². The standard InChI is InChI=1S/C14H24ClN3O2S/c1-5-18(6-2)9-11(4)17-21(19,20)12-7-10(3)14(15)13(16)8-12/h7-8,11,17H,5-6,9,16H2,1-4H3. The summed E-state index contributed by atoms with van der Waals surface area (Å²) in [6.07, 6.45) is 0. The molecule has 0 bridgehead atoms. The monoisotopic (exact) mass is 333 g/mol. The summed E-state index contributed by atoms with van der Waals surface area (Å²) >= 11 is 5.96. The number of benzene rings is 1. The molecule has 0 heterocycles. The van der Waals surface area contributed by atoms with Crippen molar-refractivity contribution in [2.45, 2.75) is 38.6 Å². The second kappa shape index (κ2) is 7.45. The molecule has 0 aromatic heterocycles. The van der Waals surface area contributed by atoms with E-state index in [1.165, 1.54) is 12.1 Å². The Labute approximate surface area is 132 Å². The van der Waals surface area contributed by atoms with Gasteiger partial charge in [0.15, 0.2) is 0 Å². The molecule has 3 N–H and O–H groups in total. The molecule has 0 aliphatic carbocycles. The molecule has 1 atom stereocenters. The summed E-state index contributed by atoms with van der Waals surface area (Å²) in [5.74, 6) is 0. The Morgan fingerprint density at radius 3 is 2.38 bits per heavy atom. The van der Waals surface area contributed by atoms with Crippen molar-refractivity contribution in [2.24, 2.45) is 0 Å². The lowest BCUT2D eigenvalue weighted by atomic mass is 10.2. The number of rotatable bonds is 7. The number of hydrogen-bond acceptors (Lipinski definition) is 4. The zero-order valence-electron chi connectivity index (χ0n) is 13.0. The van der Waals surface area contributed by atoms with Crippen LogP contribution in [0.15, 0.2) is 17.0 Å². The van der Waals surface area contributed by atoms with Crippen molar-refractivity contribution in [1.29, 1.82) is 0 Å². The van der Waals surface area contributed by atoms with E-state index in [0.717, 1.165) is 13.1 Å². The highest BCUT2D eigenvalue weighted by Gasteiger charge is 2.20. The molecule has 120 valence electrons. The first kappa shape index (κ1) is 18.2. The number of nitrogens with zero attached hydrogens (tertiary/aromatic N) is 1. The second-order valence-electron chi connectivity index (χ2n) is 5.15. The first-order valence-corrected chi connectivity index (χ1v) is 8.87. The van der Waals surface area contributed by atoms with Crippen molar-refractivity contribution < 1.29 is 8.42 Å². The smallest absolute Gasteiger partial charge is 0.240 e. The highest BCUT2D eigenvalue weighted by molar-refractivity contribution is 7.89. The Balaban J connectivity index is 2.92. The highest BCUT2D eigenvalue weighted by atomic mass is 35.5. The molecule has 5 nitrogen and oxygen atoms in total. The normalized spacial score (nSPS) is 13.6. The van der Waals surface area contributed by atoms with Crippen LogP contribution >= 0.6 is 11.6 Å². The lowest BCUT2D eigenvalue weighted by Gasteiger charge is -2.23. The van der Waals surface area contributed by atoms with Crippen molar-refractivity contribution in [1.82, 2.24) is 9.62 Å². The van der Waals surface area contributed by atoms with E-state index in [0.29, 0.717) is 17.1 Å². The highest BCUT2D eigenvalue weighted by Crippen LogP contribution is 2.26.